The predicted octanol–water partition coefficient (Wildman–Crippen LogP) is 2.10. The maximum atomic E-state index is 11.8. The molecule has 0 unspecified atom stereocenters. The molecule has 4 nitrogen and oxygen atoms in total. The maximum Gasteiger partial charge on any atom is 0.315 e. The molecule has 1 heterocycles. The number of nitrogens with zero attached hydrogens (tertiary/aromatic N) is 1. The first-order valence-electron chi connectivity index (χ1n) is 7.46. The third-order valence-electron chi connectivity index (χ3n) is 4.29. The van der Waals surface area contributed by atoms with Crippen LogP contribution in [0, 0.1) is 0 Å². The second-order valence-electron chi connectivity index (χ2n) is 6.00. The molecule has 0 aromatic rings. The zero-order valence-electron chi connectivity index (χ0n) is 11.7. The number of carbonyl (C=O) groups is 1. The zero-order valence-corrected chi connectivity index (χ0v) is 11.7. The second kappa shape index (κ2) is 6.41. The van der Waals surface area contributed by atoms with Crippen LogP contribution < -0.4 is 10.6 Å². The van der Waals surface area contributed by atoms with Gasteiger partial charge in [-0.3, -0.25) is 0 Å². The number of hydrogen-bond donors (Lipinski definition) is 2. The van der Waals surface area contributed by atoms with Gasteiger partial charge in [-0.1, -0.05) is 12.8 Å². The Morgan fingerprint density at radius 1 is 1.00 bits per heavy atom. The molecule has 0 atom stereocenters. The highest BCUT2D eigenvalue weighted by Gasteiger charge is 2.23. The maximum absolute atomic E-state index is 11.8. The Morgan fingerprint density at radius 2 is 1.50 bits per heavy atom. The van der Waals surface area contributed by atoms with E-state index in [0.29, 0.717) is 18.1 Å². The smallest absolute Gasteiger partial charge is 0.315 e. The molecule has 2 fully saturated rings. The third-order valence-corrected chi connectivity index (χ3v) is 4.29. The van der Waals surface area contributed by atoms with Crippen LogP contribution in [0.2, 0.25) is 0 Å². The van der Waals surface area contributed by atoms with E-state index in [-0.39, 0.29) is 6.03 Å². The van der Waals surface area contributed by atoms with Crippen molar-refractivity contribution in [3.8, 4) is 0 Å². The summed E-state index contributed by atoms with van der Waals surface area (Å²) in [5, 5.41) is 6.22. The Hall–Kier alpha value is -0.770. The first-order chi connectivity index (χ1) is 8.65. The van der Waals surface area contributed by atoms with Gasteiger partial charge in [-0.15, -0.1) is 0 Å². The lowest BCUT2D eigenvalue weighted by Crippen LogP contribution is -2.50. The van der Waals surface area contributed by atoms with Crippen molar-refractivity contribution >= 4 is 6.03 Å². The van der Waals surface area contributed by atoms with Crippen LogP contribution in [0.15, 0.2) is 0 Å². The van der Waals surface area contributed by atoms with Crippen molar-refractivity contribution in [3.63, 3.8) is 0 Å². The molecule has 1 saturated carbocycles. The average molecular weight is 253 g/mol. The molecule has 4 heteroatoms. The number of amides is 2. The molecule has 1 saturated heterocycles. The largest absolute Gasteiger partial charge is 0.335 e. The van der Waals surface area contributed by atoms with Crippen molar-refractivity contribution in [2.24, 2.45) is 0 Å². The Balaban J connectivity index is 1.66. The number of hydrogen-bond acceptors (Lipinski definition) is 2. The third kappa shape index (κ3) is 3.87. The van der Waals surface area contributed by atoms with Gasteiger partial charge in [0.1, 0.15) is 0 Å². The van der Waals surface area contributed by atoms with E-state index < -0.39 is 0 Å². The number of likely N-dealkylation sites (tertiary alicyclic amines) is 1. The molecule has 2 rings (SSSR count). The monoisotopic (exact) mass is 253 g/mol. The van der Waals surface area contributed by atoms with Crippen LogP contribution in [0.5, 0.6) is 0 Å². The summed E-state index contributed by atoms with van der Waals surface area (Å²) >= 11 is 0. The van der Waals surface area contributed by atoms with Gasteiger partial charge in [-0.25, -0.2) is 4.79 Å². The molecule has 104 valence electrons. The lowest BCUT2D eigenvalue weighted by Gasteiger charge is -2.35. The first kappa shape index (κ1) is 13.7. The number of urea groups is 1. The Morgan fingerprint density at radius 3 is 2.00 bits per heavy atom. The van der Waals surface area contributed by atoms with E-state index in [1.807, 2.05) is 0 Å². The molecular formula is C14H27N3O. The SMILES string of the molecule is CC(C)N1CCC(NC(=O)NC2CCCC2)CC1. The van der Waals surface area contributed by atoms with Crippen molar-refractivity contribution in [1.29, 1.82) is 0 Å². The van der Waals surface area contributed by atoms with Gasteiger partial charge in [-0.05, 0) is 39.5 Å². The molecule has 0 radical (unpaired) electrons. The quantitative estimate of drug-likeness (QED) is 0.809. The summed E-state index contributed by atoms with van der Waals surface area (Å²) in [7, 11) is 0. The molecule has 0 aromatic carbocycles. The fourth-order valence-electron chi connectivity index (χ4n) is 3.04. The lowest BCUT2D eigenvalue weighted by molar-refractivity contribution is 0.160. The van der Waals surface area contributed by atoms with E-state index in [0.717, 1.165) is 38.8 Å². The van der Waals surface area contributed by atoms with Crippen LogP contribution in [0.1, 0.15) is 52.4 Å². The number of piperidine rings is 1. The van der Waals surface area contributed by atoms with Crippen LogP contribution in [0.4, 0.5) is 4.79 Å². The van der Waals surface area contributed by atoms with Crippen molar-refractivity contribution < 1.29 is 4.79 Å². The van der Waals surface area contributed by atoms with E-state index in [1.165, 1.54) is 12.8 Å². The summed E-state index contributed by atoms with van der Waals surface area (Å²) in [5.41, 5.74) is 0. The highest BCUT2D eigenvalue weighted by Crippen LogP contribution is 2.17. The number of rotatable bonds is 3. The van der Waals surface area contributed by atoms with Crippen LogP contribution in [0.3, 0.4) is 0 Å². The summed E-state index contributed by atoms with van der Waals surface area (Å²) in [6.07, 6.45) is 6.99. The standard InChI is InChI=1S/C14H27N3O/c1-11(2)17-9-7-13(8-10-17)16-14(18)15-12-5-3-4-6-12/h11-13H,3-10H2,1-2H3,(H2,15,16,18). The molecule has 2 N–H and O–H groups in total. The fourth-order valence-corrected chi connectivity index (χ4v) is 3.04. The van der Waals surface area contributed by atoms with E-state index in [2.05, 4.69) is 29.4 Å². The molecule has 0 bridgehead atoms. The Bertz CT molecular complexity index is 266. The van der Waals surface area contributed by atoms with Gasteiger partial charge < -0.3 is 15.5 Å². The molecule has 2 amide bonds. The fraction of sp³-hybridized carbons (Fsp3) is 0.929. The molecule has 2 aliphatic rings. The molecule has 0 spiro atoms. The van der Waals surface area contributed by atoms with Gasteiger partial charge >= 0.3 is 6.03 Å². The van der Waals surface area contributed by atoms with Crippen molar-refractivity contribution in [2.75, 3.05) is 13.1 Å². The number of carbonyl (C=O) groups excluding carboxylic acids is 1. The van der Waals surface area contributed by atoms with Gasteiger partial charge in [-0.2, -0.15) is 0 Å². The van der Waals surface area contributed by atoms with Crippen LogP contribution in [0.25, 0.3) is 0 Å². The summed E-state index contributed by atoms with van der Waals surface area (Å²) in [4.78, 5) is 14.3. The van der Waals surface area contributed by atoms with Gasteiger partial charge in [0.15, 0.2) is 0 Å². The zero-order chi connectivity index (χ0) is 13.0. The summed E-state index contributed by atoms with van der Waals surface area (Å²) in [6, 6.07) is 1.45. The first-order valence-corrected chi connectivity index (χ1v) is 7.46. The minimum absolute atomic E-state index is 0.0462. The van der Waals surface area contributed by atoms with E-state index in [4.69, 9.17) is 0 Å². The van der Waals surface area contributed by atoms with Crippen LogP contribution in [-0.4, -0.2) is 42.1 Å². The van der Waals surface area contributed by atoms with Crippen LogP contribution >= 0.6 is 0 Å². The molecule has 18 heavy (non-hydrogen) atoms. The van der Waals surface area contributed by atoms with Crippen molar-refractivity contribution in [2.45, 2.75) is 70.5 Å². The van der Waals surface area contributed by atoms with Crippen molar-refractivity contribution in [3.05, 3.63) is 0 Å². The van der Waals surface area contributed by atoms with E-state index >= 15 is 0 Å². The molecule has 1 aliphatic heterocycles. The summed E-state index contributed by atoms with van der Waals surface area (Å²) in [6.45, 7) is 6.68. The van der Waals surface area contributed by atoms with Gasteiger partial charge in [0.25, 0.3) is 0 Å². The molecule has 0 aromatic heterocycles. The second-order valence-corrected chi connectivity index (χ2v) is 6.00. The number of nitrogens with one attached hydrogen (secondary N) is 2. The van der Waals surface area contributed by atoms with E-state index in [9.17, 15) is 4.79 Å². The summed E-state index contributed by atoms with van der Waals surface area (Å²) < 4.78 is 0. The molecule has 1 aliphatic carbocycles. The van der Waals surface area contributed by atoms with Gasteiger partial charge in [0, 0.05) is 31.2 Å². The average Bonchev–Trinajstić information content (AvgIpc) is 2.82. The normalized spacial score (nSPS) is 23.5. The Kier molecular flexibility index (Phi) is 4.87. The highest BCUT2D eigenvalue weighted by molar-refractivity contribution is 5.74. The van der Waals surface area contributed by atoms with Gasteiger partial charge in [0.2, 0.25) is 0 Å². The van der Waals surface area contributed by atoms with Gasteiger partial charge in [0.05, 0.1) is 0 Å². The Labute approximate surface area is 110 Å². The summed E-state index contributed by atoms with van der Waals surface area (Å²) in [5.74, 6) is 0. The minimum Gasteiger partial charge on any atom is -0.335 e. The minimum atomic E-state index is 0.0462. The van der Waals surface area contributed by atoms with Crippen molar-refractivity contribution in [1.82, 2.24) is 15.5 Å². The predicted molar refractivity (Wildman–Crippen MR) is 73.7 cm³/mol. The van der Waals surface area contributed by atoms with E-state index in [1.54, 1.807) is 0 Å². The highest BCUT2D eigenvalue weighted by atomic mass is 16.2. The van der Waals surface area contributed by atoms with Crippen LogP contribution in [-0.2, 0) is 0 Å². The lowest BCUT2D eigenvalue weighted by atomic mass is 10.0. The topological polar surface area (TPSA) is 44.4 Å². The molecular weight excluding hydrogens is 226 g/mol.